The molecule has 1 atom stereocenters. The minimum atomic E-state index is -0.351. The van der Waals surface area contributed by atoms with Gasteiger partial charge in [-0.2, -0.15) is 0 Å². The Kier molecular flexibility index (Phi) is 2.08. The molecule has 1 aromatic carbocycles. The van der Waals surface area contributed by atoms with Crippen molar-refractivity contribution in [3.8, 4) is 11.5 Å². The highest BCUT2D eigenvalue weighted by molar-refractivity contribution is 5.42. The van der Waals surface area contributed by atoms with E-state index in [4.69, 9.17) is 9.47 Å². The van der Waals surface area contributed by atoms with Crippen molar-refractivity contribution in [3.63, 3.8) is 0 Å². The number of hydrogen-bond donors (Lipinski definition) is 0. The molecule has 0 aromatic heterocycles. The second kappa shape index (κ2) is 3.24. The van der Waals surface area contributed by atoms with Crippen LogP contribution in [0.15, 0.2) is 18.2 Å². The van der Waals surface area contributed by atoms with Gasteiger partial charge in [-0.25, -0.2) is 4.39 Å². The van der Waals surface area contributed by atoms with Crippen LogP contribution >= 0.6 is 0 Å². The summed E-state index contributed by atoms with van der Waals surface area (Å²) in [4.78, 5) is 0. The number of hydrogen-bond acceptors (Lipinski definition) is 2. The van der Waals surface area contributed by atoms with Gasteiger partial charge in [0.15, 0.2) is 17.3 Å². The van der Waals surface area contributed by atoms with E-state index in [2.05, 4.69) is 0 Å². The first-order valence-corrected chi connectivity index (χ1v) is 4.39. The van der Waals surface area contributed by atoms with Gasteiger partial charge in [-0.1, -0.05) is 13.0 Å². The van der Waals surface area contributed by atoms with Gasteiger partial charge in [0.2, 0.25) is 0 Å². The van der Waals surface area contributed by atoms with E-state index in [0.717, 1.165) is 6.42 Å². The standard InChI is InChI=1S/C10H11FO2/c1-2-7-6-12-9-5-3-4-8(11)10(9)13-7/h3-5,7H,2,6H2,1H3. The quantitative estimate of drug-likeness (QED) is 0.663. The fourth-order valence-electron chi connectivity index (χ4n) is 1.30. The summed E-state index contributed by atoms with van der Waals surface area (Å²) in [5.41, 5.74) is 0. The highest BCUT2D eigenvalue weighted by atomic mass is 19.1. The van der Waals surface area contributed by atoms with Crippen molar-refractivity contribution in [1.29, 1.82) is 0 Å². The molecular weight excluding hydrogens is 171 g/mol. The average molecular weight is 182 g/mol. The minimum Gasteiger partial charge on any atom is -0.486 e. The van der Waals surface area contributed by atoms with Crippen molar-refractivity contribution >= 4 is 0 Å². The van der Waals surface area contributed by atoms with Crippen LogP contribution in [0.5, 0.6) is 11.5 Å². The molecule has 0 saturated carbocycles. The van der Waals surface area contributed by atoms with E-state index < -0.39 is 0 Å². The average Bonchev–Trinajstić information content (AvgIpc) is 2.18. The third kappa shape index (κ3) is 1.46. The molecule has 2 nitrogen and oxygen atoms in total. The van der Waals surface area contributed by atoms with Crippen LogP contribution in [-0.2, 0) is 0 Å². The maximum absolute atomic E-state index is 13.2. The second-order valence-corrected chi connectivity index (χ2v) is 3.03. The fourth-order valence-corrected chi connectivity index (χ4v) is 1.30. The van der Waals surface area contributed by atoms with Crippen molar-refractivity contribution < 1.29 is 13.9 Å². The summed E-state index contributed by atoms with van der Waals surface area (Å²) in [6.07, 6.45) is 0.803. The smallest absolute Gasteiger partial charge is 0.197 e. The lowest BCUT2D eigenvalue weighted by molar-refractivity contribution is 0.0831. The zero-order valence-corrected chi connectivity index (χ0v) is 7.42. The Balaban J connectivity index is 2.32. The van der Waals surface area contributed by atoms with Crippen LogP contribution in [0.25, 0.3) is 0 Å². The van der Waals surface area contributed by atoms with Crippen LogP contribution in [0.2, 0.25) is 0 Å². The van der Waals surface area contributed by atoms with Gasteiger partial charge in [0, 0.05) is 0 Å². The molecule has 0 fully saturated rings. The van der Waals surface area contributed by atoms with Crippen LogP contribution in [-0.4, -0.2) is 12.7 Å². The normalized spacial score (nSPS) is 20.0. The summed E-state index contributed by atoms with van der Waals surface area (Å²) in [6, 6.07) is 4.70. The highest BCUT2D eigenvalue weighted by Crippen LogP contribution is 2.34. The number of benzene rings is 1. The summed E-state index contributed by atoms with van der Waals surface area (Å²) in [7, 11) is 0. The van der Waals surface area contributed by atoms with Gasteiger partial charge in [-0.15, -0.1) is 0 Å². The number of halogens is 1. The van der Waals surface area contributed by atoms with E-state index in [-0.39, 0.29) is 17.7 Å². The lowest BCUT2D eigenvalue weighted by Crippen LogP contribution is -2.28. The largest absolute Gasteiger partial charge is 0.486 e. The number of fused-ring (bicyclic) bond motifs is 1. The lowest BCUT2D eigenvalue weighted by atomic mass is 10.2. The Labute approximate surface area is 76.3 Å². The van der Waals surface area contributed by atoms with Crippen LogP contribution in [0, 0.1) is 5.82 Å². The maximum atomic E-state index is 13.2. The predicted octanol–water partition coefficient (Wildman–Crippen LogP) is 2.38. The van der Waals surface area contributed by atoms with E-state index in [9.17, 15) is 4.39 Å². The number of rotatable bonds is 1. The van der Waals surface area contributed by atoms with Crippen molar-refractivity contribution in [1.82, 2.24) is 0 Å². The summed E-state index contributed by atoms with van der Waals surface area (Å²) in [5.74, 6) is 0.404. The topological polar surface area (TPSA) is 18.5 Å². The highest BCUT2D eigenvalue weighted by Gasteiger charge is 2.21. The molecule has 0 bridgehead atoms. The SMILES string of the molecule is CCC1COc2cccc(F)c2O1. The van der Waals surface area contributed by atoms with Gasteiger partial charge in [-0.3, -0.25) is 0 Å². The van der Waals surface area contributed by atoms with Gasteiger partial charge in [0.1, 0.15) is 12.7 Å². The summed E-state index contributed by atoms with van der Waals surface area (Å²) in [6.45, 7) is 2.49. The Morgan fingerprint density at radius 3 is 3.15 bits per heavy atom. The molecule has 13 heavy (non-hydrogen) atoms. The molecule has 0 radical (unpaired) electrons. The Morgan fingerprint density at radius 1 is 1.54 bits per heavy atom. The maximum Gasteiger partial charge on any atom is 0.197 e. The summed E-state index contributed by atoms with van der Waals surface area (Å²) >= 11 is 0. The number of para-hydroxylation sites is 1. The third-order valence-electron chi connectivity index (χ3n) is 2.10. The van der Waals surface area contributed by atoms with E-state index in [1.165, 1.54) is 6.07 Å². The Morgan fingerprint density at radius 2 is 2.38 bits per heavy atom. The first kappa shape index (κ1) is 8.35. The van der Waals surface area contributed by atoms with Crippen molar-refractivity contribution in [3.05, 3.63) is 24.0 Å². The molecule has 70 valence electrons. The van der Waals surface area contributed by atoms with Gasteiger partial charge in [0.05, 0.1) is 0 Å². The van der Waals surface area contributed by atoms with Crippen molar-refractivity contribution in [2.45, 2.75) is 19.4 Å². The van der Waals surface area contributed by atoms with Gasteiger partial charge < -0.3 is 9.47 Å². The molecule has 1 heterocycles. The Hall–Kier alpha value is -1.25. The molecule has 0 N–H and O–H groups in total. The molecule has 3 heteroatoms. The van der Waals surface area contributed by atoms with Crippen molar-refractivity contribution in [2.75, 3.05) is 6.61 Å². The molecule has 0 spiro atoms. The third-order valence-corrected chi connectivity index (χ3v) is 2.10. The van der Waals surface area contributed by atoms with E-state index in [0.29, 0.717) is 12.4 Å². The molecule has 1 aromatic rings. The van der Waals surface area contributed by atoms with E-state index >= 15 is 0 Å². The van der Waals surface area contributed by atoms with Gasteiger partial charge >= 0.3 is 0 Å². The Bertz CT molecular complexity index is 312. The van der Waals surface area contributed by atoms with Crippen molar-refractivity contribution in [2.24, 2.45) is 0 Å². The zero-order valence-electron chi connectivity index (χ0n) is 7.42. The first-order chi connectivity index (χ1) is 6.31. The molecule has 1 aliphatic rings. The molecule has 1 aliphatic heterocycles. The molecule has 0 aliphatic carbocycles. The molecular formula is C10H11FO2. The van der Waals surface area contributed by atoms with Crippen LogP contribution in [0.4, 0.5) is 4.39 Å². The lowest BCUT2D eigenvalue weighted by Gasteiger charge is -2.25. The van der Waals surface area contributed by atoms with Crippen LogP contribution in [0.3, 0.4) is 0 Å². The molecule has 1 unspecified atom stereocenters. The van der Waals surface area contributed by atoms with E-state index in [1.807, 2.05) is 6.92 Å². The molecule has 0 amide bonds. The number of ether oxygens (including phenoxy) is 2. The predicted molar refractivity (Wildman–Crippen MR) is 46.6 cm³/mol. The van der Waals surface area contributed by atoms with Crippen LogP contribution < -0.4 is 9.47 Å². The first-order valence-electron chi connectivity index (χ1n) is 4.39. The van der Waals surface area contributed by atoms with E-state index in [1.54, 1.807) is 12.1 Å². The fraction of sp³-hybridized carbons (Fsp3) is 0.400. The van der Waals surface area contributed by atoms with Crippen LogP contribution in [0.1, 0.15) is 13.3 Å². The monoisotopic (exact) mass is 182 g/mol. The summed E-state index contributed by atoms with van der Waals surface area (Å²) < 4.78 is 23.9. The summed E-state index contributed by atoms with van der Waals surface area (Å²) in [5, 5.41) is 0. The molecule has 2 rings (SSSR count). The van der Waals surface area contributed by atoms with Gasteiger partial charge in [0.25, 0.3) is 0 Å². The second-order valence-electron chi connectivity index (χ2n) is 3.03. The molecule has 0 saturated heterocycles. The minimum absolute atomic E-state index is 0.0237. The zero-order chi connectivity index (χ0) is 9.26. The van der Waals surface area contributed by atoms with Gasteiger partial charge in [-0.05, 0) is 18.6 Å².